The minimum atomic E-state index is 0.683. The zero-order chi connectivity index (χ0) is 18.2. The number of rotatable bonds is 7. The Hall–Kier alpha value is -2.26. The number of benzene rings is 2. The van der Waals surface area contributed by atoms with E-state index in [2.05, 4.69) is 41.7 Å². The van der Waals surface area contributed by atoms with Gasteiger partial charge in [-0.05, 0) is 73.7 Å². The summed E-state index contributed by atoms with van der Waals surface area (Å²) in [6.45, 7) is 1.53. The molecule has 0 heterocycles. The Balaban J connectivity index is 1.90. The highest BCUT2D eigenvalue weighted by molar-refractivity contribution is 5.82. The van der Waals surface area contributed by atoms with E-state index >= 15 is 0 Å². The van der Waals surface area contributed by atoms with Crippen molar-refractivity contribution in [3.05, 3.63) is 65.2 Å². The summed E-state index contributed by atoms with van der Waals surface area (Å²) in [5, 5.41) is 3.10. The quantitative estimate of drug-likeness (QED) is 0.707. The molecule has 1 saturated carbocycles. The standard InChI is InChI=1S/C23H29NO2/c1-24-16-17-26-22-14-10-20(11-15-22)23(18-6-4-3-5-7-18)19-8-12-21(25-2)13-9-19/h8-15,24H,3-7,16-17H2,1-2H3. The molecule has 0 spiro atoms. The number of allylic oxidation sites excluding steroid dienone is 1. The van der Waals surface area contributed by atoms with Crippen LogP contribution >= 0.6 is 0 Å². The Morgan fingerprint density at radius 2 is 1.42 bits per heavy atom. The van der Waals surface area contributed by atoms with Crippen LogP contribution in [0, 0.1) is 0 Å². The molecule has 0 aromatic heterocycles. The lowest BCUT2D eigenvalue weighted by Crippen LogP contribution is -2.15. The summed E-state index contributed by atoms with van der Waals surface area (Å²) < 4.78 is 11.1. The average molecular weight is 351 g/mol. The topological polar surface area (TPSA) is 30.5 Å². The van der Waals surface area contributed by atoms with E-state index in [1.165, 1.54) is 48.8 Å². The zero-order valence-electron chi connectivity index (χ0n) is 15.9. The SMILES string of the molecule is CNCCOc1ccc(C(=C2CCCCC2)c2ccc(OC)cc2)cc1. The molecule has 0 bridgehead atoms. The van der Waals surface area contributed by atoms with E-state index in [-0.39, 0.29) is 0 Å². The Labute approximate surface area is 157 Å². The predicted octanol–water partition coefficient (Wildman–Crippen LogP) is 5.06. The Morgan fingerprint density at radius 3 is 1.96 bits per heavy atom. The first kappa shape index (κ1) is 18.5. The first-order valence-electron chi connectivity index (χ1n) is 9.56. The fourth-order valence-electron chi connectivity index (χ4n) is 3.55. The Bertz CT molecular complexity index is 709. The lowest BCUT2D eigenvalue weighted by Gasteiger charge is -2.21. The molecule has 2 aromatic rings. The second-order valence-electron chi connectivity index (χ2n) is 6.74. The fourth-order valence-corrected chi connectivity index (χ4v) is 3.55. The lowest BCUT2D eigenvalue weighted by molar-refractivity contribution is 0.318. The molecule has 138 valence electrons. The molecule has 0 amide bonds. The third-order valence-electron chi connectivity index (χ3n) is 4.95. The van der Waals surface area contributed by atoms with Crippen LogP contribution in [0.2, 0.25) is 0 Å². The molecule has 1 aliphatic rings. The summed E-state index contributed by atoms with van der Waals surface area (Å²) in [6.07, 6.45) is 6.32. The minimum absolute atomic E-state index is 0.683. The molecule has 0 atom stereocenters. The van der Waals surface area contributed by atoms with Crippen LogP contribution < -0.4 is 14.8 Å². The van der Waals surface area contributed by atoms with Gasteiger partial charge < -0.3 is 14.8 Å². The van der Waals surface area contributed by atoms with E-state index in [9.17, 15) is 0 Å². The third kappa shape index (κ3) is 4.67. The molecule has 1 fully saturated rings. The minimum Gasteiger partial charge on any atom is -0.497 e. The molecule has 1 N–H and O–H groups in total. The van der Waals surface area contributed by atoms with Crippen molar-refractivity contribution >= 4 is 5.57 Å². The fraction of sp³-hybridized carbons (Fsp3) is 0.391. The van der Waals surface area contributed by atoms with Crippen molar-refractivity contribution in [1.82, 2.24) is 5.32 Å². The predicted molar refractivity (Wildman–Crippen MR) is 108 cm³/mol. The van der Waals surface area contributed by atoms with Gasteiger partial charge in [0, 0.05) is 6.54 Å². The van der Waals surface area contributed by atoms with Gasteiger partial charge in [0.25, 0.3) is 0 Å². The zero-order valence-corrected chi connectivity index (χ0v) is 15.9. The van der Waals surface area contributed by atoms with Crippen LogP contribution in [0.15, 0.2) is 54.1 Å². The molecule has 0 radical (unpaired) electrons. The maximum atomic E-state index is 5.77. The Morgan fingerprint density at radius 1 is 0.846 bits per heavy atom. The highest BCUT2D eigenvalue weighted by Gasteiger charge is 2.15. The van der Waals surface area contributed by atoms with Crippen LogP contribution in [0.25, 0.3) is 5.57 Å². The summed E-state index contributed by atoms with van der Waals surface area (Å²) in [5.74, 6) is 1.82. The number of likely N-dealkylation sites (N-methyl/N-ethyl adjacent to an activating group) is 1. The number of hydrogen-bond acceptors (Lipinski definition) is 3. The third-order valence-corrected chi connectivity index (χ3v) is 4.95. The van der Waals surface area contributed by atoms with Gasteiger partial charge in [-0.2, -0.15) is 0 Å². The van der Waals surface area contributed by atoms with E-state index in [0.717, 1.165) is 18.0 Å². The van der Waals surface area contributed by atoms with Crippen LogP contribution in [-0.2, 0) is 0 Å². The van der Waals surface area contributed by atoms with E-state index < -0.39 is 0 Å². The van der Waals surface area contributed by atoms with Gasteiger partial charge in [-0.3, -0.25) is 0 Å². The molecule has 26 heavy (non-hydrogen) atoms. The molecule has 0 saturated heterocycles. The maximum Gasteiger partial charge on any atom is 0.119 e. The van der Waals surface area contributed by atoms with Gasteiger partial charge in [-0.15, -0.1) is 0 Å². The van der Waals surface area contributed by atoms with Gasteiger partial charge in [-0.25, -0.2) is 0 Å². The van der Waals surface area contributed by atoms with Crippen LogP contribution in [0.5, 0.6) is 11.5 Å². The van der Waals surface area contributed by atoms with Crippen molar-refractivity contribution in [2.75, 3.05) is 27.3 Å². The molecule has 3 heteroatoms. The van der Waals surface area contributed by atoms with Crippen LogP contribution in [0.1, 0.15) is 43.2 Å². The Kier molecular flexibility index (Phi) is 6.73. The smallest absolute Gasteiger partial charge is 0.119 e. The van der Waals surface area contributed by atoms with E-state index in [1.54, 1.807) is 12.7 Å². The average Bonchev–Trinajstić information content (AvgIpc) is 2.71. The number of methoxy groups -OCH3 is 1. The van der Waals surface area contributed by atoms with Crippen LogP contribution in [0.4, 0.5) is 0 Å². The maximum absolute atomic E-state index is 5.77. The summed E-state index contributed by atoms with van der Waals surface area (Å²) in [5.41, 5.74) is 5.50. The largest absolute Gasteiger partial charge is 0.497 e. The highest BCUT2D eigenvalue weighted by Crippen LogP contribution is 2.36. The summed E-state index contributed by atoms with van der Waals surface area (Å²) in [4.78, 5) is 0. The molecule has 3 rings (SSSR count). The normalized spacial score (nSPS) is 14.2. The van der Waals surface area contributed by atoms with Crippen molar-refractivity contribution < 1.29 is 9.47 Å². The van der Waals surface area contributed by atoms with Crippen LogP contribution in [-0.4, -0.2) is 27.3 Å². The summed E-state index contributed by atoms with van der Waals surface area (Å²) in [7, 11) is 3.65. The van der Waals surface area contributed by atoms with Crippen molar-refractivity contribution in [3.8, 4) is 11.5 Å². The molecular formula is C23H29NO2. The van der Waals surface area contributed by atoms with Crippen LogP contribution in [0.3, 0.4) is 0 Å². The number of ether oxygens (including phenoxy) is 2. The van der Waals surface area contributed by atoms with Gasteiger partial charge in [0.05, 0.1) is 7.11 Å². The van der Waals surface area contributed by atoms with Crippen molar-refractivity contribution in [2.24, 2.45) is 0 Å². The highest BCUT2D eigenvalue weighted by atomic mass is 16.5. The van der Waals surface area contributed by atoms with E-state index in [0.29, 0.717) is 6.61 Å². The molecule has 1 aliphatic carbocycles. The first-order valence-corrected chi connectivity index (χ1v) is 9.56. The monoisotopic (exact) mass is 351 g/mol. The molecule has 0 aliphatic heterocycles. The van der Waals surface area contributed by atoms with Gasteiger partial charge in [0.1, 0.15) is 18.1 Å². The second kappa shape index (κ2) is 9.44. The number of hydrogen-bond donors (Lipinski definition) is 1. The molecule has 2 aromatic carbocycles. The van der Waals surface area contributed by atoms with Gasteiger partial charge in [0.15, 0.2) is 0 Å². The van der Waals surface area contributed by atoms with Gasteiger partial charge in [-0.1, -0.05) is 36.3 Å². The molecule has 3 nitrogen and oxygen atoms in total. The summed E-state index contributed by atoms with van der Waals surface area (Å²) in [6, 6.07) is 17.0. The number of nitrogens with one attached hydrogen (secondary N) is 1. The van der Waals surface area contributed by atoms with Gasteiger partial charge >= 0.3 is 0 Å². The van der Waals surface area contributed by atoms with E-state index in [1.807, 2.05) is 19.2 Å². The first-order chi connectivity index (χ1) is 12.8. The molecular weight excluding hydrogens is 322 g/mol. The molecule has 0 unspecified atom stereocenters. The van der Waals surface area contributed by atoms with Crippen molar-refractivity contribution in [2.45, 2.75) is 32.1 Å². The van der Waals surface area contributed by atoms with E-state index in [4.69, 9.17) is 9.47 Å². The van der Waals surface area contributed by atoms with Gasteiger partial charge in [0.2, 0.25) is 0 Å². The lowest BCUT2D eigenvalue weighted by atomic mass is 9.85. The summed E-state index contributed by atoms with van der Waals surface area (Å²) >= 11 is 0. The van der Waals surface area contributed by atoms with Crippen molar-refractivity contribution in [1.29, 1.82) is 0 Å². The second-order valence-corrected chi connectivity index (χ2v) is 6.74. The van der Waals surface area contributed by atoms with Crippen molar-refractivity contribution in [3.63, 3.8) is 0 Å².